The van der Waals surface area contributed by atoms with E-state index in [0.29, 0.717) is 6.54 Å². The van der Waals surface area contributed by atoms with Gasteiger partial charge in [-0.3, -0.25) is 0 Å². The van der Waals surface area contributed by atoms with Gasteiger partial charge in [0.05, 0.1) is 22.7 Å². The van der Waals surface area contributed by atoms with Crippen LogP contribution in [0, 0.1) is 5.82 Å². The number of halogens is 2. The SMILES string of the molecule is Fc1cc2c(-c3c(-c4ccccc4)ncn3Cc3ccc4sccc4c3)c[nH]c2cc1Cl. The Labute approximate surface area is 192 Å². The van der Waals surface area contributed by atoms with Gasteiger partial charge in [0.25, 0.3) is 0 Å². The van der Waals surface area contributed by atoms with Gasteiger partial charge in [0, 0.05) is 39.5 Å². The smallest absolute Gasteiger partial charge is 0.142 e. The lowest BCUT2D eigenvalue weighted by molar-refractivity contribution is 0.630. The summed E-state index contributed by atoms with van der Waals surface area (Å²) >= 11 is 7.75. The van der Waals surface area contributed by atoms with Crippen molar-refractivity contribution in [3.63, 3.8) is 0 Å². The van der Waals surface area contributed by atoms with Gasteiger partial charge in [0.1, 0.15) is 5.82 Å². The van der Waals surface area contributed by atoms with Gasteiger partial charge in [0.2, 0.25) is 0 Å². The number of aromatic nitrogens is 3. The highest BCUT2D eigenvalue weighted by atomic mass is 35.5. The second-order valence-corrected chi connectivity index (χ2v) is 9.10. The van der Waals surface area contributed by atoms with E-state index in [-0.39, 0.29) is 5.02 Å². The lowest BCUT2D eigenvalue weighted by atomic mass is 10.0. The topological polar surface area (TPSA) is 33.6 Å². The van der Waals surface area contributed by atoms with Crippen LogP contribution in [0.2, 0.25) is 5.02 Å². The normalized spacial score (nSPS) is 11.6. The van der Waals surface area contributed by atoms with E-state index in [9.17, 15) is 4.39 Å². The van der Waals surface area contributed by atoms with Crippen molar-refractivity contribution in [3.8, 4) is 22.5 Å². The summed E-state index contributed by atoms with van der Waals surface area (Å²) in [5, 5.41) is 4.23. The average Bonchev–Trinajstić information content (AvgIpc) is 3.53. The average molecular weight is 458 g/mol. The highest BCUT2D eigenvalue weighted by molar-refractivity contribution is 7.17. The molecule has 0 saturated carbocycles. The Hall–Kier alpha value is -3.41. The molecule has 0 unspecified atom stereocenters. The molecule has 3 aromatic carbocycles. The Morgan fingerprint density at radius 3 is 2.78 bits per heavy atom. The predicted molar refractivity (Wildman–Crippen MR) is 131 cm³/mol. The lowest BCUT2D eigenvalue weighted by Gasteiger charge is -2.11. The van der Waals surface area contributed by atoms with Crippen molar-refractivity contribution in [3.05, 3.63) is 101 Å². The minimum absolute atomic E-state index is 0.103. The number of nitrogens with zero attached hydrogens (tertiary/aromatic N) is 2. The minimum Gasteiger partial charge on any atom is -0.360 e. The molecule has 0 aliphatic rings. The number of H-pyrrole nitrogens is 1. The number of nitrogens with one attached hydrogen (secondary N) is 1. The number of hydrogen-bond donors (Lipinski definition) is 1. The molecule has 6 aromatic rings. The fourth-order valence-corrected chi connectivity index (χ4v) is 5.15. The quantitative estimate of drug-likeness (QED) is 0.288. The Kier molecular flexibility index (Phi) is 4.59. The molecule has 0 saturated heterocycles. The Morgan fingerprint density at radius 2 is 1.91 bits per heavy atom. The summed E-state index contributed by atoms with van der Waals surface area (Å²) in [4.78, 5) is 8.01. The largest absolute Gasteiger partial charge is 0.360 e. The molecule has 3 nitrogen and oxygen atoms in total. The molecule has 6 heteroatoms. The van der Waals surface area contributed by atoms with Gasteiger partial charge in [-0.2, -0.15) is 0 Å². The van der Waals surface area contributed by atoms with E-state index in [4.69, 9.17) is 16.6 Å². The van der Waals surface area contributed by atoms with Crippen molar-refractivity contribution < 1.29 is 4.39 Å². The number of rotatable bonds is 4. The molecule has 0 amide bonds. The van der Waals surface area contributed by atoms with Gasteiger partial charge in [-0.15, -0.1) is 11.3 Å². The molecule has 6 rings (SSSR count). The van der Waals surface area contributed by atoms with E-state index < -0.39 is 5.82 Å². The van der Waals surface area contributed by atoms with Crippen LogP contribution in [0.4, 0.5) is 4.39 Å². The van der Waals surface area contributed by atoms with Crippen LogP contribution < -0.4 is 0 Å². The Morgan fingerprint density at radius 1 is 1.03 bits per heavy atom. The molecule has 32 heavy (non-hydrogen) atoms. The predicted octanol–water partition coefficient (Wildman–Crippen LogP) is 7.75. The van der Waals surface area contributed by atoms with Crippen LogP contribution >= 0.6 is 22.9 Å². The molecule has 0 aliphatic carbocycles. The molecular weight excluding hydrogens is 441 g/mol. The molecule has 0 radical (unpaired) electrons. The van der Waals surface area contributed by atoms with E-state index in [0.717, 1.165) is 33.4 Å². The van der Waals surface area contributed by atoms with Crippen molar-refractivity contribution in [1.82, 2.24) is 14.5 Å². The number of hydrogen-bond acceptors (Lipinski definition) is 2. The zero-order chi connectivity index (χ0) is 21.7. The van der Waals surface area contributed by atoms with Gasteiger partial charge in [-0.1, -0.05) is 48.0 Å². The summed E-state index contributed by atoms with van der Waals surface area (Å²) in [6.45, 7) is 0.656. The van der Waals surface area contributed by atoms with Gasteiger partial charge in [-0.25, -0.2) is 9.37 Å². The Balaban J connectivity index is 1.55. The highest BCUT2D eigenvalue weighted by Crippen LogP contribution is 2.37. The molecule has 0 aliphatic heterocycles. The number of thiophene rings is 1. The fourth-order valence-electron chi connectivity index (χ4n) is 4.22. The number of fused-ring (bicyclic) bond motifs is 2. The van der Waals surface area contributed by atoms with Crippen molar-refractivity contribution >= 4 is 43.9 Å². The molecule has 156 valence electrons. The second-order valence-electron chi connectivity index (χ2n) is 7.74. The third-order valence-electron chi connectivity index (χ3n) is 5.73. The summed E-state index contributed by atoms with van der Waals surface area (Å²) in [5.74, 6) is -0.435. The van der Waals surface area contributed by atoms with Crippen LogP contribution in [0.5, 0.6) is 0 Å². The van der Waals surface area contributed by atoms with E-state index >= 15 is 0 Å². The number of benzene rings is 3. The van der Waals surface area contributed by atoms with Gasteiger partial charge in [0.15, 0.2) is 0 Å². The molecule has 0 fully saturated rings. The summed E-state index contributed by atoms with van der Waals surface area (Å²) in [6.07, 6.45) is 3.77. The van der Waals surface area contributed by atoms with E-state index in [1.165, 1.54) is 21.7 Å². The molecule has 3 aromatic heterocycles. The first kappa shape index (κ1) is 19.3. The van der Waals surface area contributed by atoms with E-state index in [2.05, 4.69) is 39.2 Å². The first-order valence-electron chi connectivity index (χ1n) is 10.2. The van der Waals surface area contributed by atoms with Crippen LogP contribution in [-0.4, -0.2) is 14.5 Å². The van der Waals surface area contributed by atoms with Crippen molar-refractivity contribution in [2.75, 3.05) is 0 Å². The van der Waals surface area contributed by atoms with Crippen LogP contribution in [0.1, 0.15) is 5.56 Å². The zero-order valence-electron chi connectivity index (χ0n) is 16.8. The molecule has 0 spiro atoms. The standard InChI is InChI=1S/C26H17ClFN3S/c27-21-12-23-19(11-22(21)28)20(13-29-23)26-25(17-4-2-1-3-5-17)30-15-31(26)14-16-6-7-24-18(10-16)8-9-32-24/h1-13,15,29H,14H2. The van der Waals surface area contributed by atoms with E-state index in [1.54, 1.807) is 17.4 Å². The maximum absolute atomic E-state index is 14.4. The van der Waals surface area contributed by atoms with Crippen molar-refractivity contribution in [1.29, 1.82) is 0 Å². The van der Waals surface area contributed by atoms with Crippen molar-refractivity contribution in [2.45, 2.75) is 6.54 Å². The maximum Gasteiger partial charge on any atom is 0.142 e. The van der Waals surface area contributed by atoms with Gasteiger partial charge >= 0.3 is 0 Å². The molecule has 1 N–H and O–H groups in total. The van der Waals surface area contributed by atoms with Crippen LogP contribution in [-0.2, 0) is 6.54 Å². The first-order chi connectivity index (χ1) is 15.7. The maximum atomic E-state index is 14.4. The summed E-state index contributed by atoms with van der Waals surface area (Å²) in [7, 11) is 0. The zero-order valence-corrected chi connectivity index (χ0v) is 18.4. The second kappa shape index (κ2) is 7.62. The first-order valence-corrected chi connectivity index (χ1v) is 11.5. The van der Waals surface area contributed by atoms with Crippen LogP contribution in [0.25, 0.3) is 43.5 Å². The summed E-state index contributed by atoms with van der Waals surface area (Å²) in [5.41, 5.74) is 5.68. The fraction of sp³-hybridized carbons (Fsp3) is 0.0385. The monoisotopic (exact) mass is 457 g/mol. The molecule has 0 bridgehead atoms. The molecular formula is C26H17ClFN3S. The Bertz CT molecular complexity index is 1580. The molecule has 3 heterocycles. The van der Waals surface area contributed by atoms with Gasteiger partial charge < -0.3 is 9.55 Å². The lowest BCUT2D eigenvalue weighted by Crippen LogP contribution is -2.01. The van der Waals surface area contributed by atoms with Crippen molar-refractivity contribution in [2.24, 2.45) is 0 Å². The summed E-state index contributed by atoms with van der Waals surface area (Å²) < 4.78 is 17.8. The number of imidazole rings is 1. The molecule has 0 atom stereocenters. The highest BCUT2D eigenvalue weighted by Gasteiger charge is 2.19. The minimum atomic E-state index is -0.435. The third-order valence-corrected chi connectivity index (χ3v) is 6.92. The number of aromatic amines is 1. The third kappa shape index (κ3) is 3.22. The summed E-state index contributed by atoms with van der Waals surface area (Å²) in [6, 6.07) is 21.8. The van der Waals surface area contributed by atoms with Gasteiger partial charge in [-0.05, 0) is 46.7 Å². The van der Waals surface area contributed by atoms with Crippen LogP contribution in [0.15, 0.2) is 84.6 Å². The van der Waals surface area contributed by atoms with E-state index in [1.807, 2.05) is 42.9 Å². The van der Waals surface area contributed by atoms with Crippen LogP contribution in [0.3, 0.4) is 0 Å².